The Balaban J connectivity index is 2.15. The minimum absolute atomic E-state index is 0.0111. The van der Waals surface area contributed by atoms with Gasteiger partial charge in [0.2, 0.25) is 8.32 Å². The lowest BCUT2D eigenvalue weighted by Gasteiger charge is -2.38. The molecule has 1 atom stereocenters. The van der Waals surface area contributed by atoms with Gasteiger partial charge in [0.25, 0.3) is 0 Å². The van der Waals surface area contributed by atoms with Crippen molar-refractivity contribution in [3.8, 4) is 5.75 Å². The number of furan rings is 1. The molecule has 1 aromatic heterocycles. The van der Waals surface area contributed by atoms with Gasteiger partial charge < -0.3 is 18.4 Å². The van der Waals surface area contributed by atoms with Gasteiger partial charge in [-0.15, -0.1) is 0 Å². The Bertz CT molecular complexity index is 980. The van der Waals surface area contributed by atoms with Crippen molar-refractivity contribution < 1.29 is 23.2 Å². The predicted octanol–water partition coefficient (Wildman–Crippen LogP) is 6.78. The molecule has 1 aliphatic rings. The lowest BCUT2D eigenvalue weighted by atomic mass is 9.78. The van der Waals surface area contributed by atoms with Gasteiger partial charge in [-0.05, 0) is 71.3 Å². The highest BCUT2D eigenvalue weighted by Gasteiger charge is 2.41. The maximum absolute atomic E-state index is 13.2. The van der Waals surface area contributed by atoms with Crippen LogP contribution >= 0.6 is 0 Å². The number of Topliss-reactive ketones (excluding diaryl/α,β-unsaturated/α-hetero) is 1. The average Bonchev–Trinajstić information content (AvgIpc) is 3.04. The van der Waals surface area contributed by atoms with E-state index in [-0.39, 0.29) is 17.7 Å². The molecule has 1 aromatic carbocycles. The van der Waals surface area contributed by atoms with Crippen molar-refractivity contribution in [2.24, 2.45) is 0 Å². The average molecular weight is 445 g/mol. The van der Waals surface area contributed by atoms with E-state index in [9.17, 15) is 9.59 Å². The van der Waals surface area contributed by atoms with E-state index in [1.807, 2.05) is 25.7 Å². The van der Waals surface area contributed by atoms with Crippen molar-refractivity contribution in [2.45, 2.75) is 97.4 Å². The van der Waals surface area contributed by atoms with Gasteiger partial charge in [0.15, 0.2) is 5.58 Å². The third-order valence-electron chi connectivity index (χ3n) is 5.94. The Labute approximate surface area is 186 Å². The molecule has 0 fully saturated rings. The molecule has 2 heterocycles. The zero-order valence-corrected chi connectivity index (χ0v) is 21.0. The number of unbranched alkanes of at least 4 members (excludes halogenated alkanes) is 2. The molecular weight excluding hydrogens is 408 g/mol. The number of rotatable bonds is 9. The Kier molecular flexibility index (Phi) is 6.70. The fourth-order valence-corrected chi connectivity index (χ4v) is 5.15. The smallest absolute Gasteiger partial charge is 0.328 e. The van der Waals surface area contributed by atoms with Crippen LogP contribution in [0.25, 0.3) is 11.0 Å². The first-order valence-electron chi connectivity index (χ1n) is 11.4. The van der Waals surface area contributed by atoms with Crippen LogP contribution in [0.5, 0.6) is 5.75 Å². The summed E-state index contributed by atoms with van der Waals surface area (Å²) in [5.74, 6) is 0.631. The van der Waals surface area contributed by atoms with Crippen molar-refractivity contribution in [3.05, 3.63) is 29.0 Å². The Morgan fingerprint density at radius 3 is 2.52 bits per heavy atom. The minimum Gasteiger partial charge on any atom is -0.516 e. The fraction of sp³-hybridized carbons (Fsp3) is 0.600. The predicted molar refractivity (Wildman–Crippen MR) is 126 cm³/mol. The Morgan fingerprint density at radius 2 is 1.90 bits per heavy atom. The molecule has 3 rings (SSSR count). The van der Waals surface area contributed by atoms with Crippen LogP contribution in [-0.4, -0.2) is 25.7 Å². The molecule has 0 saturated heterocycles. The van der Waals surface area contributed by atoms with E-state index in [1.54, 1.807) is 13.2 Å². The van der Waals surface area contributed by atoms with E-state index >= 15 is 0 Å². The quantitative estimate of drug-likeness (QED) is 0.315. The summed E-state index contributed by atoms with van der Waals surface area (Å²) >= 11 is 0. The molecule has 0 saturated carbocycles. The Morgan fingerprint density at radius 1 is 1.19 bits per heavy atom. The van der Waals surface area contributed by atoms with E-state index in [0.29, 0.717) is 24.0 Å². The summed E-state index contributed by atoms with van der Waals surface area (Å²) in [6, 6.07) is 2.01. The monoisotopic (exact) mass is 444 g/mol. The molecule has 5 nitrogen and oxygen atoms in total. The number of carbonyl (C=O) groups excluding carboxylic acids is 2. The molecule has 1 aliphatic heterocycles. The van der Waals surface area contributed by atoms with Crippen LogP contribution < -0.4 is 4.74 Å². The van der Waals surface area contributed by atoms with Crippen LogP contribution in [0.4, 0.5) is 0 Å². The van der Waals surface area contributed by atoms with Gasteiger partial charge in [0.05, 0.1) is 11.6 Å². The van der Waals surface area contributed by atoms with Gasteiger partial charge in [-0.1, -0.05) is 19.8 Å². The van der Waals surface area contributed by atoms with Gasteiger partial charge >= 0.3 is 5.97 Å². The highest BCUT2D eigenvalue weighted by Crippen LogP contribution is 2.49. The van der Waals surface area contributed by atoms with Crippen LogP contribution in [0.2, 0.25) is 19.6 Å². The molecule has 0 aliphatic carbocycles. The van der Waals surface area contributed by atoms with Crippen LogP contribution in [0.3, 0.4) is 0 Å². The van der Waals surface area contributed by atoms with E-state index in [0.717, 1.165) is 47.9 Å². The van der Waals surface area contributed by atoms with Crippen molar-refractivity contribution in [3.63, 3.8) is 0 Å². The molecule has 31 heavy (non-hydrogen) atoms. The molecular formula is C25H36O5Si. The lowest BCUT2D eigenvalue weighted by molar-refractivity contribution is -0.117. The van der Waals surface area contributed by atoms with Crippen molar-refractivity contribution in [2.75, 3.05) is 0 Å². The van der Waals surface area contributed by atoms with E-state index < -0.39 is 13.9 Å². The minimum atomic E-state index is -2.07. The standard InChI is InChI=1S/C25H36O5Si/c1-8-9-10-11-17-14-20-22-18(19(13-12-16(2)26)25(3,4)29-20)15-28-23(22)21(17)24(27)30-31(5,6)7/h14-15,19H,8-13H2,1-7H3/t19-/m1/s1. The second-order valence-corrected chi connectivity index (χ2v) is 14.7. The number of aryl methyl sites for hydroxylation is 1. The topological polar surface area (TPSA) is 65.7 Å². The number of ether oxygens (including phenoxy) is 1. The summed E-state index contributed by atoms with van der Waals surface area (Å²) in [4.78, 5) is 24.9. The highest BCUT2D eigenvalue weighted by molar-refractivity contribution is 6.71. The van der Waals surface area contributed by atoms with Crippen molar-refractivity contribution in [1.82, 2.24) is 0 Å². The summed E-state index contributed by atoms with van der Waals surface area (Å²) in [5.41, 5.74) is 2.57. The van der Waals surface area contributed by atoms with Crippen molar-refractivity contribution in [1.29, 1.82) is 0 Å². The zero-order chi connectivity index (χ0) is 23.0. The number of carbonyl (C=O) groups is 2. The molecule has 0 radical (unpaired) electrons. The molecule has 0 bridgehead atoms. The summed E-state index contributed by atoms with van der Waals surface area (Å²) in [7, 11) is -2.07. The van der Waals surface area contributed by atoms with E-state index in [1.165, 1.54) is 0 Å². The Hall–Kier alpha value is -2.08. The second kappa shape index (κ2) is 8.81. The van der Waals surface area contributed by atoms with Gasteiger partial charge in [0.1, 0.15) is 22.7 Å². The number of ketones is 1. The molecule has 0 amide bonds. The van der Waals surface area contributed by atoms with Crippen LogP contribution in [0.1, 0.15) is 87.2 Å². The number of benzene rings is 1. The summed E-state index contributed by atoms with van der Waals surface area (Å²) in [6.07, 6.45) is 6.90. The number of hydrogen-bond donors (Lipinski definition) is 0. The molecule has 2 aromatic rings. The molecule has 0 N–H and O–H groups in total. The van der Waals surface area contributed by atoms with E-state index in [4.69, 9.17) is 13.6 Å². The van der Waals surface area contributed by atoms with Crippen LogP contribution in [-0.2, 0) is 15.6 Å². The zero-order valence-electron chi connectivity index (χ0n) is 20.0. The summed E-state index contributed by atoms with van der Waals surface area (Å²) in [6.45, 7) is 13.9. The molecule has 0 spiro atoms. The third-order valence-corrected chi connectivity index (χ3v) is 6.74. The number of hydrogen-bond acceptors (Lipinski definition) is 5. The molecule has 170 valence electrons. The van der Waals surface area contributed by atoms with Crippen LogP contribution in [0, 0.1) is 0 Å². The highest BCUT2D eigenvalue weighted by atomic mass is 28.4. The van der Waals surface area contributed by atoms with Gasteiger partial charge in [-0.2, -0.15) is 0 Å². The normalized spacial score (nSPS) is 17.5. The van der Waals surface area contributed by atoms with Gasteiger partial charge in [-0.3, -0.25) is 0 Å². The first kappa shape index (κ1) is 23.6. The molecule has 0 unspecified atom stereocenters. The molecule has 6 heteroatoms. The fourth-order valence-electron chi connectivity index (χ4n) is 4.49. The third kappa shape index (κ3) is 5.05. The summed E-state index contributed by atoms with van der Waals surface area (Å²) < 4.78 is 18.4. The summed E-state index contributed by atoms with van der Waals surface area (Å²) in [5, 5.41) is 0.856. The first-order valence-corrected chi connectivity index (χ1v) is 14.8. The SMILES string of the molecule is CCCCCc1cc2c3c(coc3c1C(=O)O[Si](C)(C)C)[C@@H](CCC(C)=O)C(C)(C)O2. The van der Waals surface area contributed by atoms with Crippen LogP contribution in [0.15, 0.2) is 16.7 Å². The van der Waals surface area contributed by atoms with Gasteiger partial charge in [-0.25, -0.2) is 4.79 Å². The maximum atomic E-state index is 13.2. The van der Waals surface area contributed by atoms with Crippen molar-refractivity contribution >= 4 is 31.0 Å². The van der Waals surface area contributed by atoms with E-state index in [2.05, 4.69) is 20.8 Å². The lowest BCUT2D eigenvalue weighted by Crippen LogP contribution is -2.38. The largest absolute Gasteiger partial charge is 0.516 e. The maximum Gasteiger partial charge on any atom is 0.328 e. The first-order chi connectivity index (χ1) is 14.4. The second-order valence-electron chi connectivity index (χ2n) is 10.3. The van der Waals surface area contributed by atoms with Gasteiger partial charge in [0, 0.05) is 17.9 Å².